The summed E-state index contributed by atoms with van der Waals surface area (Å²) >= 11 is 12.9. The predicted octanol–water partition coefficient (Wildman–Crippen LogP) is 4.98. The van der Waals surface area contributed by atoms with Crippen LogP contribution in [0.4, 0.5) is 0 Å². The number of hydrogen-bond acceptors (Lipinski definition) is 4. The zero-order valence-corrected chi connectivity index (χ0v) is 15.6. The molecule has 26 heavy (non-hydrogen) atoms. The van der Waals surface area contributed by atoms with Gasteiger partial charge >= 0.3 is 0 Å². The molecule has 132 valence electrons. The molecule has 1 fully saturated rings. The van der Waals surface area contributed by atoms with E-state index in [0.29, 0.717) is 15.7 Å². The molecule has 1 saturated heterocycles. The Morgan fingerprint density at radius 1 is 0.846 bits per heavy atom. The average Bonchev–Trinajstić information content (AvgIpc) is 2.69. The Hall–Kier alpha value is -2.01. The van der Waals surface area contributed by atoms with Gasteiger partial charge in [0.05, 0.1) is 10.0 Å². The highest BCUT2D eigenvalue weighted by Gasteiger charge is 2.22. The highest BCUT2D eigenvalue weighted by atomic mass is 35.5. The maximum Gasteiger partial charge on any atom is 0.156 e. The molecule has 1 atom stereocenters. The predicted molar refractivity (Wildman–Crippen MR) is 106 cm³/mol. The highest BCUT2D eigenvalue weighted by Crippen LogP contribution is 2.36. The number of halogens is 2. The van der Waals surface area contributed by atoms with Crippen LogP contribution >= 0.6 is 23.2 Å². The summed E-state index contributed by atoms with van der Waals surface area (Å²) in [4.78, 5) is 4.89. The molecule has 0 amide bonds. The fraction of sp³-hybridized carbons (Fsp3) is 0.250. The Bertz CT molecular complexity index is 923. The van der Waals surface area contributed by atoms with Crippen molar-refractivity contribution in [3.8, 4) is 22.5 Å². The topological polar surface area (TPSA) is 50.7 Å². The SMILES string of the molecule is Clc1ccccc1-c1nnc(C2CCCNC2)nc1-c1ccccc1Cl. The Morgan fingerprint density at radius 2 is 1.50 bits per heavy atom. The summed E-state index contributed by atoms with van der Waals surface area (Å²) in [6, 6.07) is 15.3. The fourth-order valence-corrected chi connectivity index (χ4v) is 3.71. The highest BCUT2D eigenvalue weighted by molar-refractivity contribution is 6.34. The van der Waals surface area contributed by atoms with Crippen LogP contribution in [0.3, 0.4) is 0 Å². The van der Waals surface area contributed by atoms with Gasteiger partial charge in [-0.1, -0.05) is 59.6 Å². The van der Waals surface area contributed by atoms with Gasteiger partial charge in [0.25, 0.3) is 0 Å². The number of nitrogens with one attached hydrogen (secondary N) is 1. The second-order valence-electron chi connectivity index (χ2n) is 6.37. The van der Waals surface area contributed by atoms with Gasteiger partial charge in [-0.25, -0.2) is 4.98 Å². The molecule has 3 aromatic rings. The number of nitrogens with zero attached hydrogens (tertiary/aromatic N) is 3. The molecule has 1 aliphatic heterocycles. The standard InChI is InChI=1S/C20H18Cl2N4/c21-16-9-3-1-7-14(16)18-19(15-8-2-4-10-17(15)22)25-26-20(24-18)13-6-5-11-23-12-13/h1-4,7-10,13,23H,5-6,11-12H2. The Labute approximate surface area is 162 Å². The van der Waals surface area contributed by atoms with Crippen molar-refractivity contribution in [1.82, 2.24) is 20.5 Å². The number of hydrogen-bond donors (Lipinski definition) is 1. The van der Waals surface area contributed by atoms with E-state index in [2.05, 4.69) is 15.5 Å². The first-order valence-electron chi connectivity index (χ1n) is 8.69. The third-order valence-electron chi connectivity index (χ3n) is 4.62. The van der Waals surface area contributed by atoms with E-state index in [4.69, 9.17) is 28.2 Å². The van der Waals surface area contributed by atoms with Crippen molar-refractivity contribution in [2.75, 3.05) is 13.1 Å². The lowest BCUT2D eigenvalue weighted by Gasteiger charge is -2.22. The molecule has 4 rings (SSSR count). The van der Waals surface area contributed by atoms with Crippen LogP contribution in [-0.4, -0.2) is 28.3 Å². The molecule has 2 aromatic carbocycles. The first-order valence-corrected chi connectivity index (χ1v) is 9.45. The lowest BCUT2D eigenvalue weighted by molar-refractivity contribution is 0.443. The lowest BCUT2D eigenvalue weighted by Crippen LogP contribution is -2.29. The molecule has 4 nitrogen and oxygen atoms in total. The number of benzene rings is 2. The smallest absolute Gasteiger partial charge is 0.156 e. The second-order valence-corrected chi connectivity index (χ2v) is 7.18. The van der Waals surface area contributed by atoms with Crippen LogP contribution in [-0.2, 0) is 0 Å². The van der Waals surface area contributed by atoms with Crippen LogP contribution in [0.25, 0.3) is 22.5 Å². The monoisotopic (exact) mass is 384 g/mol. The number of piperidine rings is 1. The fourth-order valence-electron chi connectivity index (χ4n) is 3.26. The summed E-state index contributed by atoms with van der Waals surface area (Å²) in [6.45, 7) is 1.91. The van der Waals surface area contributed by atoms with Gasteiger partial charge in [0.15, 0.2) is 5.82 Å². The van der Waals surface area contributed by atoms with Crippen molar-refractivity contribution in [3.63, 3.8) is 0 Å². The molecule has 0 saturated carbocycles. The van der Waals surface area contributed by atoms with Crippen molar-refractivity contribution < 1.29 is 0 Å². The summed E-state index contributed by atoms with van der Waals surface area (Å²) in [5.74, 6) is 1.01. The summed E-state index contributed by atoms with van der Waals surface area (Å²) < 4.78 is 0. The van der Waals surface area contributed by atoms with Gasteiger partial charge < -0.3 is 5.32 Å². The van der Waals surface area contributed by atoms with E-state index in [1.54, 1.807) is 0 Å². The normalized spacial score (nSPS) is 17.2. The number of aromatic nitrogens is 3. The summed E-state index contributed by atoms with van der Waals surface area (Å²) in [5, 5.41) is 13.6. The van der Waals surface area contributed by atoms with Crippen molar-refractivity contribution in [2.24, 2.45) is 0 Å². The van der Waals surface area contributed by atoms with E-state index in [-0.39, 0.29) is 5.92 Å². The molecule has 1 unspecified atom stereocenters. The molecule has 0 spiro atoms. The van der Waals surface area contributed by atoms with Crippen LogP contribution in [0.2, 0.25) is 10.0 Å². The van der Waals surface area contributed by atoms with Gasteiger partial charge in [0, 0.05) is 23.6 Å². The third kappa shape index (κ3) is 3.45. The van der Waals surface area contributed by atoms with Gasteiger partial charge in [-0.05, 0) is 31.5 Å². The average molecular weight is 385 g/mol. The molecule has 2 heterocycles. The molecular weight excluding hydrogens is 367 g/mol. The maximum atomic E-state index is 6.46. The minimum Gasteiger partial charge on any atom is -0.316 e. The van der Waals surface area contributed by atoms with E-state index in [9.17, 15) is 0 Å². The Balaban J connectivity index is 1.89. The van der Waals surface area contributed by atoms with Crippen molar-refractivity contribution in [2.45, 2.75) is 18.8 Å². The molecule has 0 aliphatic carbocycles. The number of rotatable bonds is 3. The summed E-state index contributed by atoms with van der Waals surface area (Å²) in [5.41, 5.74) is 3.01. The zero-order chi connectivity index (χ0) is 17.9. The third-order valence-corrected chi connectivity index (χ3v) is 5.28. The molecule has 1 aromatic heterocycles. The summed E-state index contributed by atoms with van der Waals surface area (Å²) in [7, 11) is 0. The van der Waals surface area contributed by atoms with Crippen LogP contribution < -0.4 is 5.32 Å². The lowest BCUT2D eigenvalue weighted by atomic mass is 9.98. The van der Waals surface area contributed by atoms with Crippen molar-refractivity contribution in [1.29, 1.82) is 0 Å². The van der Waals surface area contributed by atoms with Gasteiger partial charge in [-0.15, -0.1) is 10.2 Å². The van der Waals surface area contributed by atoms with Crippen LogP contribution in [0.15, 0.2) is 48.5 Å². The van der Waals surface area contributed by atoms with Crippen molar-refractivity contribution in [3.05, 3.63) is 64.4 Å². The molecular formula is C20H18Cl2N4. The van der Waals surface area contributed by atoms with E-state index in [1.165, 1.54) is 0 Å². The van der Waals surface area contributed by atoms with E-state index in [1.807, 2.05) is 48.5 Å². The first kappa shape index (κ1) is 17.4. The molecule has 0 radical (unpaired) electrons. The van der Waals surface area contributed by atoms with E-state index in [0.717, 1.165) is 48.6 Å². The quantitative estimate of drug-likeness (QED) is 0.691. The van der Waals surface area contributed by atoms with Gasteiger partial charge in [0.1, 0.15) is 11.4 Å². The Kier molecular flexibility index (Phi) is 5.16. The minimum absolute atomic E-state index is 0.262. The van der Waals surface area contributed by atoms with Gasteiger partial charge in [-0.3, -0.25) is 0 Å². The van der Waals surface area contributed by atoms with Gasteiger partial charge in [0.2, 0.25) is 0 Å². The minimum atomic E-state index is 0.262. The van der Waals surface area contributed by atoms with Crippen molar-refractivity contribution >= 4 is 23.2 Å². The van der Waals surface area contributed by atoms with Gasteiger partial charge in [-0.2, -0.15) is 0 Å². The van der Waals surface area contributed by atoms with E-state index >= 15 is 0 Å². The van der Waals surface area contributed by atoms with Crippen LogP contribution in [0, 0.1) is 0 Å². The molecule has 1 aliphatic rings. The second kappa shape index (κ2) is 7.70. The molecule has 6 heteroatoms. The zero-order valence-electron chi connectivity index (χ0n) is 14.1. The van der Waals surface area contributed by atoms with E-state index < -0.39 is 0 Å². The summed E-state index contributed by atoms with van der Waals surface area (Å²) in [6.07, 6.45) is 2.17. The largest absolute Gasteiger partial charge is 0.316 e. The maximum absolute atomic E-state index is 6.46. The van der Waals surface area contributed by atoms with Crippen LogP contribution in [0.1, 0.15) is 24.6 Å². The first-order chi connectivity index (χ1) is 12.7. The molecule has 0 bridgehead atoms. The van der Waals surface area contributed by atoms with Crippen LogP contribution in [0.5, 0.6) is 0 Å². The molecule has 1 N–H and O–H groups in total. The Morgan fingerprint density at radius 3 is 2.12 bits per heavy atom.